The summed E-state index contributed by atoms with van der Waals surface area (Å²) < 4.78 is 2.08. The van der Waals surface area contributed by atoms with Crippen LogP contribution in [0.5, 0.6) is 0 Å². The molecule has 0 radical (unpaired) electrons. The molecule has 2 atom stereocenters. The summed E-state index contributed by atoms with van der Waals surface area (Å²) in [6, 6.07) is 6.69. The van der Waals surface area contributed by atoms with Gasteiger partial charge in [0.2, 0.25) is 0 Å². The highest BCUT2D eigenvalue weighted by Gasteiger charge is 2.21. The number of thioether (sulfide) groups is 1. The fourth-order valence-electron chi connectivity index (χ4n) is 2.00. The highest BCUT2D eigenvalue weighted by Crippen LogP contribution is 2.30. The topological polar surface area (TPSA) is 29.3 Å². The number of pyridine rings is 1. The maximum Gasteiger partial charge on any atom is 0.137 e. The van der Waals surface area contributed by atoms with Crippen LogP contribution in [0.15, 0.2) is 30.6 Å². The lowest BCUT2D eigenvalue weighted by atomic mass is 10.2. The van der Waals surface area contributed by atoms with Crippen molar-refractivity contribution >= 4 is 17.4 Å². The SMILES string of the molecule is CC1CCSC(c2cn3ccccc3n2)N1. The van der Waals surface area contributed by atoms with E-state index in [-0.39, 0.29) is 0 Å². The van der Waals surface area contributed by atoms with E-state index in [1.54, 1.807) is 0 Å². The molecule has 0 aromatic carbocycles. The van der Waals surface area contributed by atoms with Gasteiger partial charge in [0.05, 0.1) is 11.1 Å². The number of nitrogens with one attached hydrogen (secondary N) is 1. The molecule has 0 bridgehead atoms. The van der Waals surface area contributed by atoms with Crippen molar-refractivity contribution < 1.29 is 0 Å². The predicted molar refractivity (Wildman–Crippen MR) is 67.6 cm³/mol. The Kier molecular flexibility index (Phi) is 2.61. The lowest BCUT2D eigenvalue weighted by Gasteiger charge is -2.26. The summed E-state index contributed by atoms with van der Waals surface area (Å²) in [5, 5.41) is 3.93. The van der Waals surface area contributed by atoms with E-state index in [9.17, 15) is 0 Å². The summed E-state index contributed by atoms with van der Waals surface area (Å²) in [6.07, 6.45) is 5.41. The number of hydrogen-bond acceptors (Lipinski definition) is 3. The van der Waals surface area contributed by atoms with Crippen LogP contribution in [0.3, 0.4) is 0 Å². The number of imidazole rings is 1. The van der Waals surface area contributed by atoms with Crippen LogP contribution in [-0.2, 0) is 0 Å². The molecule has 1 saturated heterocycles. The number of nitrogens with zero attached hydrogens (tertiary/aromatic N) is 2. The second kappa shape index (κ2) is 4.11. The van der Waals surface area contributed by atoms with E-state index in [2.05, 4.69) is 27.8 Å². The van der Waals surface area contributed by atoms with Crippen molar-refractivity contribution in [2.24, 2.45) is 0 Å². The Hall–Kier alpha value is -1.00. The normalized spacial score (nSPS) is 26.1. The smallest absolute Gasteiger partial charge is 0.137 e. The van der Waals surface area contributed by atoms with Gasteiger partial charge in [-0.05, 0) is 31.2 Å². The lowest BCUT2D eigenvalue weighted by molar-refractivity contribution is 0.507. The molecule has 3 nitrogen and oxygen atoms in total. The number of hydrogen-bond donors (Lipinski definition) is 1. The average molecular weight is 233 g/mol. The van der Waals surface area contributed by atoms with Gasteiger partial charge in [-0.2, -0.15) is 0 Å². The maximum atomic E-state index is 4.65. The van der Waals surface area contributed by atoms with Gasteiger partial charge in [0, 0.05) is 18.4 Å². The van der Waals surface area contributed by atoms with Gasteiger partial charge in [-0.15, -0.1) is 11.8 Å². The summed E-state index contributed by atoms with van der Waals surface area (Å²) in [7, 11) is 0. The minimum absolute atomic E-state index is 0.351. The van der Waals surface area contributed by atoms with Crippen molar-refractivity contribution in [3.63, 3.8) is 0 Å². The zero-order valence-corrected chi connectivity index (χ0v) is 10.1. The van der Waals surface area contributed by atoms with Crippen molar-refractivity contribution in [2.75, 3.05) is 5.75 Å². The minimum Gasteiger partial charge on any atom is -0.307 e. The van der Waals surface area contributed by atoms with Gasteiger partial charge in [0.15, 0.2) is 0 Å². The van der Waals surface area contributed by atoms with Crippen molar-refractivity contribution in [3.8, 4) is 0 Å². The van der Waals surface area contributed by atoms with Gasteiger partial charge in [0.25, 0.3) is 0 Å². The second-order valence-corrected chi connectivity index (χ2v) is 5.45. The Bertz CT molecular complexity index is 461. The fraction of sp³-hybridized carbons (Fsp3) is 0.417. The first-order valence-corrected chi connectivity index (χ1v) is 6.69. The van der Waals surface area contributed by atoms with E-state index >= 15 is 0 Å². The highest BCUT2D eigenvalue weighted by atomic mass is 32.2. The van der Waals surface area contributed by atoms with E-state index in [1.807, 2.05) is 36.2 Å². The van der Waals surface area contributed by atoms with E-state index in [1.165, 1.54) is 12.2 Å². The summed E-state index contributed by atoms with van der Waals surface area (Å²) in [5.74, 6) is 1.21. The molecule has 84 valence electrons. The predicted octanol–water partition coefficient (Wildman–Crippen LogP) is 2.45. The average Bonchev–Trinajstić information content (AvgIpc) is 2.72. The van der Waals surface area contributed by atoms with Gasteiger partial charge in [-0.25, -0.2) is 4.98 Å². The highest BCUT2D eigenvalue weighted by molar-refractivity contribution is 7.99. The van der Waals surface area contributed by atoms with Crippen LogP contribution in [0, 0.1) is 0 Å². The molecule has 1 aliphatic rings. The molecule has 3 rings (SSSR count). The van der Waals surface area contributed by atoms with Crippen molar-refractivity contribution in [1.82, 2.24) is 14.7 Å². The van der Waals surface area contributed by atoms with Crippen molar-refractivity contribution in [3.05, 3.63) is 36.3 Å². The Labute approximate surface area is 99.3 Å². The molecular formula is C12H15N3S. The summed E-state index contributed by atoms with van der Waals surface area (Å²) in [6.45, 7) is 2.24. The zero-order chi connectivity index (χ0) is 11.0. The van der Waals surface area contributed by atoms with Gasteiger partial charge in [-0.1, -0.05) is 6.07 Å². The molecule has 2 unspecified atom stereocenters. The van der Waals surface area contributed by atoms with E-state index in [0.29, 0.717) is 11.4 Å². The van der Waals surface area contributed by atoms with E-state index in [0.717, 1.165) is 11.3 Å². The molecule has 2 aromatic heterocycles. The summed E-state index contributed by atoms with van der Waals surface area (Å²) in [4.78, 5) is 4.65. The molecule has 2 aromatic rings. The Morgan fingerprint density at radius 1 is 1.50 bits per heavy atom. The monoisotopic (exact) mass is 233 g/mol. The Morgan fingerprint density at radius 2 is 2.44 bits per heavy atom. The Morgan fingerprint density at radius 3 is 3.25 bits per heavy atom. The fourth-order valence-corrected chi connectivity index (χ4v) is 3.34. The molecular weight excluding hydrogens is 218 g/mol. The van der Waals surface area contributed by atoms with Crippen LogP contribution in [0.25, 0.3) is 5.65 Å². The third-order valence-electron chi connectivity index (χ3n) is 2.92. The molecule has 3 heterocycles. The van der Waals surface area contributed by atoms with Crippen LogP contribution in [0.2, 0.25) is 0 Å². The number of rotatable bonds is 1. The van der Waals surface area contributed by atoms with Gasteiger partial charge >= 0.3 is 0 Å². The second-order valence-electron chi connectivity index (χ2n) is 4.24. The van der Waals surface area contributed by atoms with Crippen LogP contribution in [0.1, 0.15) is 24.4 Å². The molecule has 0 aliphatic carbocycles. The van der Waals surface area contributed by atoms with Crippen molar-refractivity contribution in [1.29, 1.82) is 0 Å². The number of aromatic nitrogens is 2. The molecule has 4 heteroatoms. The first kappa shape index (κ1) is 10.2. The third-order valence-corrected chi connectivity index (χ3v) is 4.10. The lowest BCUT2D eigenvalue weighted by Crippen LogP contribution is -2.33. The van der Waals surface area contributed by atoms with Gasteiger partial charge < -0.3 is 4.40 Å². The van der Waals surface area contributed by atoms with Crippen LogP contribution >= 0.6 is 11.8 Å². The molecule has 1 aliphatic heterocycles. The molecule has 16 heavy (non-hydrogen) atoms. The van der Waals surface area contributed by atoms with Crippen molar-refractivity contribution in [2.45, 2.75) is 24.8 Å². The first-order chi connectivity index (χ1) is 7.83. The van der Waals surface area contributed by atoms with Crippen LogP contribution < -0.4 is 5.32 Å². The molecule has 0 saturated carbocycles. The zero-order valence-electron chi connectivity index (χ0n) is 9.26. The summed E-state index contributed by atoms with van der Waals surface area (Å²) in [5.41, 5.74) is 2.17. The maximum absolute atomic E-state index is 4.65. The molecule has 0 amide bonds. The minimum atomic E-state index is 0.351. The molecule has 1 N–H and O–H groups in total. The van der Waals surface area contributed by atoms with Crippen LogP contribution in [-0.4, -0.2) is 21.2 Å². The number of fused-ring (bicyclic) bond motifs is 1. The van der Waals surface area contributed by atoms with Crippen LogP contribution in [0.4, 0.5) is 0 Å². The third kappa shape index (κ3) is 1.83. The first-order valence-electron chi connectivity index (χ1n) is 5.64. The van der Waals surface area contributed by atoms with Gasteiger partial charge in [-0.3, -0.25) is 5.32 Å². The standard InChI is InChI=1S/C12H15N3S/c1-9-5-7-16-12(13-9)10-8-15-6-3-2-4-11(15)14-10/h2-4,6,8-9,12-13H,5,7H2,1H3. The van der Waals surface area contributed by atoms with E-state index < -0.39 is 0 Å². The summed E-state index contributed by atoms with van der Waals surface area (Å²) >= 11 is 1.95. The van der Waals surface area contributed by atoms with E-state index in [4.69, 9.17) is 0 Å². The molecule has 0 spiro atoms. The largest absolute Gasteiger partial charge is 0.307 e. The Balaban J connectivity index is 1.93. The molecule has 1 fully saturated rings. The quantitative estimate of drug-likeness (QED) is 0.820. The van der Waals surface area contributed by atoms with Gasteiger partial charge in [0.1, 0.15) is 5.65 Å².